The molecular formula is C36H59N5O5. The Kier molecular flexibility index (Phi) is 9.61. The number of Topliss-reactive ketones (excluding diaryl/α,β-unsaturated/α-hetero) is 1. The number of primary amides is 1. The van der Waals surface area contributed by atoms with Crippen LogP contribution >= 0.6 is 0 Å². The number of amides is 5. The molecule has 5 N–H and O–H groups in total. The van der Waals surface area contributed by atoms with Crippen LogP contribution in [0.25, 0.3) is 0 Å². The van der Waals surface area contributed by atoms with Crippen LogP contribution in [0.4, 0.5) is 4.79 Å². The highest BCUT2D eigenvalue weighted by atomic mass is 16.2. The molecule has 4 unspecified atom stereocenters. The lowest BCUT2D eigenvalue weighted by Gasteiger charge is -2.56. The fraction of sp³-hybridized carbons (Fsp3) is 0.861. The van der Waals surface area contributed by atoms with E-state index in [1.807, 2.05) is 20.8 Å². The fourth-order valence-corrected chi connectivity index (χ4v) is 9.56. The summed E-state index contributed by atoms with van der Waals surface area (Å²) in [5.74, 6) is -0.0247. The first kappa shape index (κ1) is 34.7. The van der Waals surface area contributed by atoms with Crippen molar-refractivity contribution in [1.82, 2.24) is 20.9 Å². The SMILES string of the molecule is CC(C)C(C)(C)C1CC(C(=O)NC(CC2CCC2)C(=O)C(N)=O)N(C(=O)C(NC(=O)NC23CC4CC(CC(C4)C2)C3)C(C)(C)C)C1. The molecule has 6 aliphatic rings. The lowest BCUT2D eigenvalue weighted by molar-refractivity contribution is -0.143. The van der Waals surface area contributed by atoms with Gasteiger partial charge in [0.15, 0.2) is 0 Å². The van der Waals surface area contributed by atoms with Crippen LogP contribution in [0.5, 0.6) is 0 Å². The number of likely N-dealkylation sites (tertiary alicyclic amines) is 1. The van der Waals surface area contributed by atoms with Crippen LogP contribution in [0.15, 0.2) is 0 Å². The molecule has 5 saturated carbocycles. The lowest BCUT2D eigenvalue weighted by atomic mass is 9.53. The van der Waals surface area contributed by atoms with Gasteiger partial charge in [0.2, 0.25) is 17.6 Å². The molecule has 1 aliphatic heterocycles. The van der Waals surface area contributed by atoms with E-state index >= 15 is 0 Å². The molecule has 258 valence electrons. The van der Waals surface area contributed by atoms with Crippen molar-refractivity contribution in [2.75, 3.05) is 6.54 Å². The largest absolute Gasteiger partial charge is 0.363 e. The number of ketones is 1. The van der Waals surface area contributed by atoms with Gasteiger partial charge >= 0.3 is 6.03 Å². The Balaban J connectivity index is 1.36. The maximum atomic E-state index is 14.6. The Morgan fingerprint density at radius 2 is 1.43 bits per heavy atom. The van der Waals surface area contributed by atoms with Crippen molar-refractivity contribution in [3.8, 4) is 0 Å². The molecule has 10 nitrogen and oxygen atoms in total. The summed E-state index contributed by atoms with van der Waals surface area (Å²) < 4.78 is 0. The summed E-state index contributed by atoms with van der Waals surface area (Å²) in [6.07, 6.45) is 10.6. The van der Waals surface area contributed by atoms with Crippen molar-refractivity contribution in [2.24, 2.45) is 52.1 Å². The highest BCUT2D eigenvalue weighted by Crippen LogP contribution is 2.55. The van der Waals surface area contributed by atoms with Gasteiger partial charge in [-0.05, 0) is 97.7 Å². The number of nitrogens with two attached hydrogens (primary N) is 1. The normalized spacial score (nSPS) is 32.1. The van der Waals surface area contributed by atoms with Crippen LogP contribution in [0.1, 0.15) is 119 Å². The van der Waals surface area contributed by atoms with Crippen LogP contribution in [0.3, 0.4) is 0 Å². The van der Waals surface area contributed by atoms with E-state index in [1.54, 1.807) is 4.90 Å². The van der Waals surface area contributed by atoms with Gasteiger partial charge < -0.3 is 26.6 Å². The van der Waals surface area contributed by atoms with Crippen LogP contribution < -0.4 is 21.7 Å². The Labute approximate surface area is 275 Å². The predicted octanol–water partition coefficient (Wildman–Crippen LogP) is 4.30. The Hall–Kier alpha value is -2.65. The highest BCUT2D eigenvalue weighted by Gasteiger charge is 2.53. The second-order valence-corrected chi connectivity index (χ2v) is 17.8. The third-order valence-electron chi connectivity index (χ3n) is 12.9. The molecule has 4 bridgehead atoms. The quantitative estimate of drug-likeness (QED) is 0.248. The minimum atomic E-state index is -1.06. The van der Waals surface area contributed by atoms with Crippen LogP contribution in [0, 0.1) is 46.3 Å². The third-order valence-corrected chi connectivity index (χ3v) is 12.9. The summed E-state index contributed by atoms with van der Waals surface area (Å²) in [5.41, 5.74) is 4.38. The summed E-state index contributed by atoms with van der Waals surface area (Å²) in [5, 5.41) is 9.27. The van der Waals surface area contributed by atoms with Gasteiger partial charge in [-0.1, -0.05) is 67.7 Å². The van der Waals surface area contributed by atoms with Gasteiger partial charge in [-0.25, -0.2) is 4.79 Å². The lowest BCUT2D eigenvalue weighted by Crippen LogP contribution is -2.65. The molecule has 10 heteroatoms. The minimum Gasteiger partial charge on any atom is -0.363 e. The van der Waals surface area contributed by atoms with Gasteiger partial charge in [0, 0.05) is 12.1 Å². The molecule has 0 radical (unpaired) electrons. The number of hydrogen-bond donors (Lipinski definition) is 4. The van der Waals surface area contributed by atoms with E-state index in [1.165, 1.54) is 19.3 Å². The van der Waals surface area contributed by atoms with Crippen molar-refractivity contribution in [2.45, 2.75) is 143 Å². The number of rotatable bonds is 11. The Morgan fingerprint density at radius 3 is 1.89 bits per heavy atom. The molecule has 1 heterocycles. The average molecular weight is 642 g/mol. The second kappa shape index (κ2) is 12.8. The monoisotopic (exact) mass is 641 g/mol. The van der Waals surface area contributed by atoms with Gasteiger partial charge in [0.05, 0.1) is 6.04 Å². The molecule has 6 rings (SSSR count). The number of carbonyl (C=O) groups excluding carboxylic acids is 5. The van der Waals surface area contributed by atoms with Gasteiger partial charge in [-0.2, -0.15) is 0 Å². The average Bonchev–Trinajstić information content (AvgIpc) is 3.37. The molecule has 46 heavy (non-hydrogen) atoms. The Bertz CT molecular complexity index is 1180. The highest BCUT2D eigenvalue weighted by molar-refractivity contribution is 6.37. The topological polar surface area (TPSA) is 151 Å². The summed E-state index contributed by atoms with van der Waals surface area (Å²) >= 11 is 0. The maximum Gasteiger partial charge on any atom is 0.315 e. The molecule has 5 amide bonds. The van der Waals surface area contributed by atoms with Crippen LogP contribution in [0.2, 0.25) is 0 Å². The number of nitrogens with zero attached hydrogens (tertiary/aromatic N) is 1. The zero-order valence-corrected chi connectivity index (χ0v) is 29.2. The smallest absolute Gasteiger partial charge is 0.315 e. The first-order valence-corrected chi connectivity index (χ1v) is 17.9. The molecule has 4 atom stereocenters. The van der Waals surface area contributed by atoms with E-state index in [0.29, 0.717) is 43.1 Å². The molecule has 0 aromatic rings. The number of carbonyl (C=O) groups is 5. The number of nitrogens with one attached hydrogen (secondary N) is 3. The molecule has 1 saturated heterocycles. The van der Waals surface area contributed by atoms with Gasteiger partial charge in [0.25, 0.3) is 5.91 Å². The zero-order chi connectivity index (χ0) is 33.8. The van der Waals surface area contributed by atoms with E-state index in [9.17, 15) is 24.0 Å². The summed E-state index contributed by atoms with van der Waals surface area (Å²) in [7, 11) is 0. The number of urea groups is 1. The molecule has 0 spiro atoms. The second-order valence-electron chi connectivity index (χ2n) is 17.8. The predicted molar refractivity (Wildman–Crippen MR) is 176 cm³/mol. The molecular weight excluding hydrogens is 582 g/mol. The van der Waals surface area contributed by atoms with E-state index < -0.39 is 41.1 Å². The van der Waals surface area contributed by atoms with E-state index in [-0.39, 0.29) is 34.7 Å². The van der Waals surface area contributed by atoms with Crippen LogP contribution in [-0.2, 0) is 19.2 Å². The summed E-state index contributed by atoms with van der Waals surface area (Å²) in [6, 6.07) is -3.03. The van der Waals surface area contributed by atoms with Crippen LogP contribution in [-0.4, -0.2) is 64.6 Å². The number of hydrogen-bond acceptors (Lipinski definition) is 5. The minimum absolute atomic E-state index is 0.0191. The van der Waals surface area contributed by atoms with Crippen molar-refractivity contribution in [1.29, 1.82) is 0 Å². The maximum absolute atomic E-state index is 14.6. The van der Waals surface area contributed by atoms with Crippen molar-refractivity contribution in [3.05, 3.63) is 0 Å². The van der Waals surface area contributed by atoms with Crippen molar-refractivity contribution < 1.29 is 24.0 Å². The van der Waals surface area contributed by atoms with E-state index in [0.717, 1.165) is 38.5 Å². The van der Waals surface area contributed by atoms with Gasteiger partial charge in [-0.15, -0.1) is 0 Å². The van der Waals surface area contributed by atoms with Crippen molar-refractivity contribution in [3.63, 3.8) is 0 Å². The molecule has 0 aromatic heterocycles. The van der Waals surface area contributed by atoms with E-state index in [4.69, 9.17) is 5.73 Å². The molecule has 0 aromatic carbocycles. The van der Waals surface area contributed by atoms with Gasteiger partial charge in [-0.3, -0.25) is 19.2 Å². The summed E-state index contributed by atoms with van der Waals surface area (Å²) in [6.45, 7) is 14.8. The Morgan fingerprint density at radius 1 is 0.870 bits per heavy atom. The van der Waals surface area contributed by atoms with E-state index in [2.05, 4.69) is 43.6 Å². The fourth-order valence-electron chi connectivity index (χ4n) is 9.56. The zero-order valence-electron chi connectivity index (χ0n) is 29.2. The molecule has 6 fully saturated rings. The van der Waals surface area contributed by atoms with Crippen molar-refractivity contribution >= 4 is 29.5 Å². The summed E-state index contributed by atoms with van der Waals surface area (Å²) in [4.78, 5) is 68.6. The first-order valence-electron chi connectivity index (χ1n) is 17.9. The molecule has 5 aliphatic carbocycles. The standard InChI is InChI=1S/C36H59N5O5/c1-20(2)35(6,7)25-15-27(31(44)38-26(28(42)30(37)43)14-21-9-8-10-21)41(19-25)32(45)29(34(3,4)5)39-33(46)40-36-16-22-11-23(17-36)13-24(12-22)18-36/h20-27,29H,8-19H2,1-7H3,(H2,37,43)(H,38,44)(H2,39,40,46). The van der Waals surface area contributed by atoms with Gasteiger partial charge in [0.1, 0.15) is 12.1 Å². The third kappa shape index (κ3) is 7.10. The first-order chi connectivity index (χ1) is 21.4.